The number of rotatable bonds is 1. The SMILES string of the molecule is Cc1ccc(C2CNc3cccc(C)c3O2)c(C)c1. The largest absolute Gasteiger partial charge is 0.481 e. The molecule has 0 fully saturated rings. The minimum Gasteiger partial charge on any atom is -0.481 e. The molecule has 3 rings (SSSR count). The molecule has 98 valence electrons. The van der Waals surface area contributed by atoms with Crippen LogP contribution in [-0.4, -0.2) is 6.54 Å². The van der Waals surface area contributed by atoms with Crippen molar-refractivity contribution in [1.29, 1.82) is 0 Å². The summed E-state index contributed by atoms with van der Waals surface area (Å²) >= 11 is 0. The number of hydrogen-bond acceptors (Lipinski definition) is 2. The highest BCUT2D eigenvalue weighted by molar-refractivity contribution is 5.61. The molecule has 0 bridgehead atoms. The van der Waals surface area contributed by atoms with E-state index in [-0.39, 0.29) is 6.10 Å². The van der Waals surface area contributed by atoms with Gasteiger partial charge in [-0.3, -0.25) is 0 Å². The predicted molar refractivity (Wildman–Crippen MR) is 79.0 cm³/mol. The molecule has 2 aromatic rings. The maximum Gasteiger partial charge on any atom is 0.146 e. The summed E-state index contributed by atoms with van der Waals surface area (Å²) in [5, 5.41) is 3.47. The lowest BCUT2D eigenvalue weighted by Gasteiger charge is -2.29. The van der Waals surface area contributed by atoms with Crippen molar-refractivity contribution in [2.24, 2.45) is 0 Å². The molecule has 0 saturated heterocycles. The smallest absolute Gasteiger partial charge is 0.146 e. The van der Waals surface area contributed by atoms with E-state index in [4.69, 9.17) is 4.74 Å². The molecule has 0 amide bonds. The van der Waals surface area contributed by atoms with Gasteiger partial charge in [-0.15, -0.1) is 0 Å². The lowest BCUT2D eigenvalue weighted by molar-refractivity contribution is 0.208. The van der Waals surface area contributed by atoms with E-state index >= 15 is 0 Å². The normalized spacial score (nSPS) is 17.3. The molecule has 2 nitrogen and oxygen atoms in total. The van der Waals surface area contributed by atoms with Gasteiger partial charge in [0.25, 0.3) is 0 Å². The lowest BCUT2D eigenvalue weighted by Crippen LogP contribution is -2.24. The Labute approximate surface area is 114 Å². The average Bonchev–Trinajstić information content (AvgIpc) is 2.39. The van der Waals surface area contributed by atoms with Crippen LogP contribution in [0.25, 0.3) is 0 Å². The van der Waals surface area contributed by atoms with Crippen LogP contribution in [0.15, 0.2) is 36.4 Å². The van der Waals surface area contributed by atoms with E-state index in [2.05, 4.69) is 62.5 Å². The number of anilines is 1. The molecular formula is C17H19NO. The van der Waals surface area contributed by atoms with Crippen molar-refractivity contribution in [2.75, 3.05) is 11.9 Å². The Balaban J connectivity index is 1.95. The predicted octanol–water partition coefficient (Wildman–Crippen LogP) is 4.16. The standard InChI is InChI=1S/C17H19NO/c1-11-7-8-14(13(3)9-11)16-10-18-15-6-4-5-12(2)17(15)19-16/h4-9,16,18H,10H2,1-3H3. The second kappa shape index (κ2) is 4.61. The zero-order valence-corrected chi connectivity index (χ0v) is 11.7. The van der Waals surface area contributed by atoms with Crippen LogP contribution in [0.3, 0.4) is 0 Å². The Hall–Kier alpha value is -1.96. The molecule has 0 radical (unpaired) electrons. The third-order valence-corrected chi connectivity index (χ3v) is 3.72. The maximum absolute atomic E-state index is 6.21. The summed E-state index contributed by atoms with van der Waals surface area (Å²) < 4.78 is 6.21. The zero-order chi connectivity index (χ0) is 13.4. The highest BCUT2D eigenvalue weighted by atomic mass is 16.5. The Morgan fingerprint density at radius 3 is 2.68 bits per heavy atom. The highest BCUT2D eigenvalue weighted by Gasteiger charge is 2.23. The van der Waals surface area contributed by atoms with Gasteiger partial charge in [0.15, 0.2) is 0 Å². The molecule has 2 aromatic carbocycles. The summed E-state index contributed by atoms with van der Waals surface area (Å²) in [7, 11) is 0. The average molecular weight is 253 g/mol. The Kier molecular flexibility index (Phi) is 2.94. The molecule has 19 heavy (non-hydrogen) atoms. The van der Waals surface area contributed by atoms with E-state index in [1.54, 1.807) is 0 Å². The third kappa shape index (κ3) is 2.19. The number of aryl methyl sites for hydroxylation is 3. The number of ether oxygens (including phenoxy) is 1. The first-order chi connectivity index (χ1) is 9.15. The summed E-state index contributed by atoms with van der Waals surface area (Å²) in [6.45, 7) is 7.18. The minimum absolute atomic E-state index is 0.0919. The molecule has 0 saturated carbocycles. The molecule has 0 aromatic heterocycles. The summed E-state index contributed by atoms with van der Waals surface area (Å²) in [5.74, 6) is 0.985. The van der Waals surface area contributed by atoms with Gasteiger partial charge < -0.3 is 10.1 Å². The van der Waals surface area contributed by atoms with Crippen molar-refractivity contribution in [3.8, 4) is 5.75 Å². The molecule has 2 heteroatoms. The lowest BCUT2D eigenvalue weighted by atomic mass is 9.99. The molecule has 1 unspecified atom stereocenters. The van der Waals surface area contributed by atoms with Gasteiger partial charge in [0.05, 0.1) is 12.2 Å². The number of benzene rings is 2. The third-order valence-electron chi connectivity index (χ3n) is 3.72. The van der Waals surface area contributed by atoms with Crippen molar-refractivity contribution in [2.45, 2.75) is 26.9 Å². The van der Waals surface area contributed by atoms with Gasteiger partial charge in [-0.1, -0.05) is 35.9 Å². The topological polar surface area (TPSA) is 21.3 Å². The monoisotopic (exact) mass is 253 g/mol. The summed E-state index contributed by atoms with van der Waals surface area (Å²) in [4.78, 5) is 0. The molecule has 0 spiro atoms. The first-order valence-electron chi connectivity index (χ1n) is 6.72. The second-order valence-corrected chi connectivity index (χ2v) is 5.30. The first kappa shape index (κ1) is 12.1. The molecule has 1 heterocycles. The van der Waals surface area contributed by atoms with E-state index < -0.39 is 0 Å². The van der Waals surface area contributed by atoms with Crippen LogP contribution in [0.2, 0.25) is 0 Å². The van der Waals surface area contributed by atoms with Crippen molar-refractivity contribution in [3.63, 3.8) is 0 Å². The van der Waals surface area contributed by atoms with Crippen molar-refractivity contribution in [1.82, 2.24) is 0 Å². The van der Waals surface area contributed by atoms with E-state index in [1.807, 2.05) is 0 Å². The first-order valence-corrected chi connectivity index (χ1v) is 6.72. The van der Waals surface area contributed by atoms with Crippen molar-refractivity contribution < 1.29 is 4.74 Å². The summed E-state index contributed by atoms with van der Waals surface area (Å²) in [6, 6.07) is 12.8. The minimum atomic E-state index is 0.0919. The van der Waals surface area contributed by atoms with E-state index in [0.29, 0.717) is 0 Å². The van der Waals surface area contributed by atoms with Crippen LogP contribution < -0.4 is 10.1 Å². The number of hydrogen-bond donors (Lipinski definition) is 1. The summed E-state index contributed by atoms with van der Waals surface area (Å²) in [6.07, 6.45) is 0.0919. The molecule has 1 atom stereocenters. The van der Waals surface area contributed by atoms with Gasteiger partial charge in [0, 0.05) is 0 Å². The van der Waals surface area contributed by atoms with Crippen molar-refractivity contribution in [3.05, 3.63) is 58.7 Å². The fraction of sp³-hybridized carbons (Fsp3) is 0.294. The summed E-state index contributed by atoms with van der Waals surface area (Å²) in [5.41, 5.74) is 6.14. The molecule has 0 aliphatic carbocycles. The zero-order valence-electron chi connectivity index (χ0n) is 11.7. The number of fused-ring (bicyclic) bond motifs is 1. The van der Waals surface area contributed by atoms with E-state index in [0.717, 1.165) is 18.0 Å². The quantitative estimate of drug-likeness (QED) is 0.824. The molecule has 1 aliphatic heterocycles. The fourth-order valence-electron chi connectivity index (χ4n) is 2.70. The van der Waals surface area contributed by atoms with Gasteiger partial charge >= 0.3 is 0 Å². The fourth-order valence-corrected chi connectivity index (χ4v) is 2.70. The van der Waals surface area contributed by atoms with Crippen LogP contribution in [0.1, 0.15) is 28.4 Å². The van der Waals surface area contributed by atoms with Gasteiger partial charge in [-0.05, 0) is 43.5 Å². The number of para-hydroxylation sites is 1. The number of nitrogens with one attached hydrogen (secondary N) is 1. The van der Waals surface area contributed by atoms with Crippen molar-refractivity contribution >= 4 is 5.69 Å². The van der Waals surface area contributed by atoms with Crippen LogP contribution in [0.5, 0.6) is 5.75 Å². The van der Waals surface area contributed by atoms with Gasteiger partial charge in [-0.25, -0.2) is 0 Å². The molecule has 1 aliphatic rings. The maximum atomic E-state index is 6.21. The molecule has 1 N–H and O–H groups in total. The molecular weight excluding hydrogens is 234 g/mol. The van der Waals surface area contributed by atoms with Gasteiger partial charge in [-0.2, -0.15) is 0 Å². The van der Waals surface area contributed by atoms with Crippen LogP contribution in [0, 0.1) is 20.8 Å². The van der Waals surface area contributed by atoms with E-state index in [1.165, 1.54) is 22.3 Å². The highest BCUT2D eigenvalue weighted by Crippen LogP contribution is 2.37. The van der Waals surface area contributed by atoms with Gasteiger partial charge in [0.2, 0.25) is 0 Å². The van der Waals surface area contributed by atoms with Gasteiger partial charge in [0.1, 0.15) is 11.9 Å². The Morgan fingerprint density at radius 2 is 1.89 bits per heavy atom. The second-order valence-electron chi connectivity index (χ2n) is 5.30. The van der Waals surface area contributed by atoms with E-state index in [9.17, 15) is 0 Å². The Morgan fingerprint density at radius 1 is 1.05 bits per heavy atom. The van der Waals surface area contributed by atoms with Crippen LogP contribution in [0.4, 0.5) is 5.69 Å². The van der Waals surface area contributed by atoms with Crippen LogP contribution >= 0.6 is 0 Å². The van der Waals surface area contributed by atoms with Crippen LogP contribution in [-0.2, 0) is 0 Å². The Bertz CT molecular complexity index is 619.